The maximum atomic E-state index is 10.4. The van der Waals surface area contributed by atoms with E-state index in [0.717, 1.165) is 11.3 Å². The zero-order chi connectivity index (χ0) is 15.4. The molecule has 0 aliphatic carbocycles. The number of benzene rings is 2. The Morgan fingerprint density at radius 1 is 1.00 bits per heavy atom. The molecule has 0 amide bonds. The molecule has 1 unspecified atom stereocenters. The zero-order valence-electron chi connectivity index (χ0n) is 13.3. The Balaban J connectivity index is 2.09. The van der Waals surface area contributed by atoms with Crippen molar-refractivity contribution < 1.29 is 9.84 Å². The summed E-state index contributed by atoms with van der Waals surface area (Å²) in [6, 6.07) is 14.1. The van der Waals surface area contributed by atoms with Gasteiger partial charge >= 0.3 is 0 Å². The highest BCUT2D eigenvalue weighted by Crippen LogP contribution is 2.23. The first kappa shape index (κ1) is 15.6. The van der Waals surface area contributed by atoms with E-state index in [2.05, 4.69) is 32.0 Å². The van der Waals surface area contributed by atoms with Crippen LogP contribution in [0.1, 0.15) is 42.2 Å². The van der Waals surface area contributed by atoms with E-state index in [1.54, 1.807) is 0 Å². The number of ether oxygens (including phenoxy) is 1. The lowest BCUT2D eigenvalue weighted by Crippen LogP contribution is -2.06. The lowest BCUT2D eigenvalue weighted by Gasteiger charge is -2.15. The Morgan fingerprint density at radius 2 is 1.67 bits per heavy atom. The molecule has 1 atom stereocenters. The van der Waals surface area contributed by atoms with E-state index in [9.17, 15) is 5.11 Å². The largest absolute Gasteiger partial charge is 0.491 e. The van der Waals surface area contributed by atoms with Crippen LogP contribution in [0.3, 0.4) is 0 Å². The van der Waals surface area contributed by atoms with Gasteiger partial charge in [0.1, 0.15) is 5.75 Å². The van der Waals surface area contributed by atoms with Gasteiger partial charge in [-0.3, -0.25) is 0 Å². The highest BCUT2D eigenvalue weighted by atomic mass is 16.5. The molecule has 2 rings (SSSR count). The zero-order valence-corrected chi connectivity index (χ0v) is 13.3. The molecular formula is C19H24O2. The summed E-state index contributed by atoms with van der Waals surface area (Å²) in [5.41, 5.74) is 4.57. The molecule has 0 aliphatic heterocycles. The fourth-order valence-electron chi connectivity index (χ4n) is 2.39. The molecule has 2 heteroatoms. The van der Waals surface area contributed by atoms with Crippen molar-refractivity contribution in [3.8, 4) is 5.75 Å². The van der Waals surface area contributed by atoms with Gasteiger partial charge < -0.3 is 9.84 Å². The van der Waals surface area contributed by atoms with E-state index in [-0.39, 0.29) is 6.10 Å². The number of rotatable bonds is 5. The molecule has 0 spiro atoms. The topological polar surface area (TPSA) is 29.5 Å². The van der Waals surface area contributed by atoms with Gasteiger partial charge in [0, 0.05) is 6.42 Å². The summed E-state index contributed by atoms with van der Waals surface area (Å²) >= 11 is 0. The summed E-state index contributed by atoms with van der Waals surface area (Å²) in [6.45, 7) is 8.17. The second kappa shape index (κ2) is 6.77. The molecule has 2 aromatic carbocycles. The maximum Gasteiger partial charge on any atom is 0.119 e. The van der Waals surface area contributed by atoms with Crippen molar-refractivity contribution in [3.05, 3.63) is 64.7 Å². The van der Waals surface area contributed by atoms with Crippen LogP contribution in [0.15, 0.2) is 42.5 Å². The Labute approximate surface area is 127 Å². The molecule has 0 radical (unpaired) electrons. The van der Waals surface area contributed by atoms with Crippen LogP contribution in [0.5, 0.6) is 5.75 Å². The summed E-state index contributed by atoms with van der Waals surface area (Å²) < 4.78 is 5.62. The van der Waals surface area contributed by atoms with Gasteiger partial charge in [0.15, 0.2) is 0 Å². The summed E-state index contributed by atoms with van der Waals surface area (Å²) in [4.78, 5) is 0. The Bertz CT molecular complexity index is 585. The molecule has 0 saturated carbocycles. The maximum absolute atomic E-state index is 10.4. The van der Waals surface area contributed by atoms with Gasteiger partial charge in [-0.15, -0.1) is 0 Å². The normalized spacial score (nSPS) is 12.5. The predicted molar refractivity (Wildman–Crippen MR) is 86.8 cm³/mol. The summed E-state index contributed by atoms with van der Waals surface area (Å²) in [7, 11) is 0. The quantitative estimate of drug-likeness (QED) is 0.883. The highest BCUT2D eigenvalue weighted by Gasteiger charge is 2.11. The first-order valence-electron chi connectivity index (χ1n) is 7.46. The number of aliphatic hydroxyl groups excluding tert-OH is 1. The molecule has 0 fully saturated rings. The smallest absolute Gasteiger partial charge is 0.119 e. The highest BCUT2D eigenvalue weighted by molar-refractivity contribution is 5.33. The second-order valence-corrected chi connectivity index (χ2v) is 5.89. The van der Waals surface area contributed by atoms with E-state index in [1.165, 1.54) is 16.7 Å². The number of hydrogen-bond acceptors (Lipinski definition) is 2. The fraction of sp³-hybridized carbons (Fsp3) is 0.368. The molecule has 2 aromatic rings. The summed E-state index contributed by atoms with van der Waals surface area (Å²) in [6.07, 6.45) is 0.312. The van der Waals surface area contributed by atoms with Crippen LogP contribution in [0, 0.1) is 13.8 Å². The van der Waals surface area contributed by atoms with Crippen LogP contribution in [0.2, 0.25) is 0 Å². The SMILES string of the molecule is Cc1ccc(C)c(CC(O)c2ccc(OC(C)C)cc2)c1. The van der Waals surface area contributed by atoms with Crippen molar-refractivity contribution >= 4 is 0 Å². The van der Waals surface area contributed by atoms with Crippen molar-refractivity contribution in [3.63, 3.8) is 0 Å². The van der Waals surface area contributed by atoms with E-state index < -0.39 is 6.10 Å². The van der Waals surface area contributed by atoms with Crippen molar-refractivity contribution in [2.45, 2.75) is 46.3 Å². The molecule has 0 aromatic heterocycles. The minimum Gasteiger partial charge on any atom is -0.491 e. The second-order valence-electron chi connectivity index (χ2n) is 5.89. The van der Waals surface area contributed by atoms with Gasteiger partial charge in [0.25, 0.3) is 0 Å². The van der Waals surface area contributed by atoms with E-state index in [4.69, 9.17) is 4.74 Å². The van der Waals surface area contributed by atoms with Gasteiger partial charge in [-0.05, 0) is 56.5 Å². The molecule has 0 saturated heterocycles. The minimum absolute atomic E-state index is 0.163. The molecule has 2 nitrogen and oxygen atoms in total. The average molecular weight is 284 g/mol. The van der Waals surface area contributed by atoms with Crippen LogP contribution in [-0.4, -0.2) is 11.2 Å². The van der Waals surface area contributed by atoms with Crippen LogP contribution in [0.25, 0.3) is 0 Å². The predicted octanol–water partition coefficient (Wildman–Crippen LogP) is 4.37. The first-order valence-corrected chi connectivity index (χ1v) is 7.46. The van der Waals surface area contributed by atoms with E-state index >= 15 is 0 Å². The lowest BCUT2D eigenvalue weighted by molar-refractivity contribution is 0.178. The van der Waals surface area contributed by atoms with Gasteiger partial charge in [-0.25, -0.2) is 0 Å². The van der Waals surface area contributed by atoms with Crippen molar-refractivity contribution in [1.82, 2.24) is 0 Å². The Kier molecular flexibility index (Phi) is 5.03. The minimum atomic E-state index is -0.487. The van der Waals surface area contributed by atoms with E-state index in [1.807, 2.05) is 38.1 Å². The summed E-state index contributed by atoms with van der Waals surface area (Å²) in [5, 5.41) is 10.4. The van der Waals surface area contributed by atoms with Gasteiger partial charge in [0.05, 0.1) is 12.2 Å². The van der Waals surface area contributed by atoms with E-state index in [0.29, 0.717) is 6.42 Å². The molecule has 112 valence electrons. The summed E-state index contributed by atoms with van der Waals surface area (Å²) in [5.74, 6) is 0.840. The van der Waals surface area contributed by atoms with Crippen LogP contribution >= 0.6 is 0 Å². The molecule has 0 heterocycles. The monoisotopic (exact) mass is 284 g/mol. The van der Waals surface area contributed by atoms with Gasteiger partial charge in [-0.1, -0.05) is 35.9 Å². The van der Waals surface area contributed by atoms with Crippen molar-refractivity contribution in [2.75, 3.05) is 0 Å². The molecule has 0 aliphatic rings. The number of hydrogen-bond donors (Lipinski definition) is 1. The third-order valence-electron chi connectivity index (χ3n) is 3.55. The van der Waals surface area contributed by atoms with Gasteiger partial charge in [0.2, 0.25) is 0 Å². The third-order valence-corrected chi connectivity index (χ3v) is 3.55. The standard InChI is InChI=1S/C19H24O2/c1-13(2)21-18-9-7-16(8-10-18)19(20)12-17-11-14(3)5-6-15(17)4/h5-11,13,19-20H,12H2,1-4H3. The molecule has 1 N–H and O–H groups in total. The average Bonchev–Trinajstić information content (AvgIpc) is 2.43. The van der Waals surface area contributed by atoms with Crippen molar-refractivity contribution in [1.29, 1.82) is 0 Å². The van der Waals surface area contributed by atoms with Crippen LogP contribution < -0.4 is 4.74 Å². The Hall–Kier alpha value is -1.80. The molecule has 21 heavy (non-hydrogen) atoms. The first-order chi connectivity index (χ1) is 9.95. The lowest BCUT2D eigenvalue weighted by atomic mass is 9.97. The van der Waals surface area contributed by atoms with Gasteiger partial charge in [-0.2, -0.15) is 0 Å². The molecule has 0 bridgehead atoms. The van der Waals surface area contributed by atoms with Crippen molar-refractivity contribution in [2.24, 2.45) is 0 Å². The fourth-order valence-corrected chi connectivity index (χ4v) is 2.39. The Morgan fingerprint density at radius 3 is 2.29 bits per heavy atom. The third kappa shape index (κ3) is 4.33. The number of aryl methyl sites for hydroxylation is 2. The van der Waals surface area contributed by atoms with Crippen LogP contribution in [-0.2, 0) is 6.42 Å². The number of aliphatic hydroxyl groups is 1. The molecular weight excluding hydrogens is 260 g/mol. The van der Waals surface area contributed by atoms with Crippen LogP contribution in [0.4, 0.5) is 0 Å².